The lowest BCUT2D eigenvalue weighted by atomic mass is 10.3. The van der Waals surface area contributed by atoms with Crippen LogP contribution in [0.15, 0.2) is 0 Å². The maximum Gasteiger partial charge on any atom is 0.332 e. The smallest absolute Gasteiger partial charge is 0.332 e. The third-order valence-electron chi connectivity index (χ3n) is 0.965. The van der Waals surface area contributed by atoms with Gasteiger partial charge in [-0.25, -0.2) is 10.6 Å². The second kappa shape index (κ2) is 4.64. The van der Waals surface area contributed by atoms with Gasteiger partial charge < -0.3 is 10.5 Å². The Balaban J connectivity index is 3.91. The van der Waals surface area contributed by atoms with Gasteiger partial charge in [0.2, 0.25) is 0 Å². The van der Waals surface area contributed by atoms with E-state index in [0.717, 1.165) is 0 Å². The molecule has 0 aliphatic rings. The van der Waals surface area contributed by atoms with Crippen molar-refractivity contribution in [2.45, 2.75) is 13.0 Å². The molecule has 64 valence electrons. The van der Waals surface area contributed by atoms with Gasteiger partial charge in [0.05, 0.1) is 6.61 Å². The number of ether oxygens (including phenoxy) is 1. The summed E-state index contributed by atoms with van der Waals surface area (Å²) in [4.78, 5) is 21.2. The summed E-state index contributed by atoms with van der Waals surface area (Å²) in [6, 6.07) is -1.33. The summed E-state index contributed by atoms with van der Waals surface area (Å²) in [5, 5.41) is 0. The average molecular weight is 161 g/mol. The monoisotopic (exact) mass is 161 g/mol. The number of amides is 1. The van der Waals surface area contributed by atoms with Crippen LogP contribution < -0.4 is 17.0 Å². The zero-order chi connectivity index (χ0) is 8.85. The van der Waals surface area contributed by atoms with Crippen LogP contribution in [-0.4, -0.2) is 24.5 Å². The molecule has 5 N–H and O–H groups in total. The first-order valence-corrected chi connectivity index (χ1v) is 3.06. The lowest BCUT2D eigenvalue weighted by Crippen LogP contribution is -2.49. The lowest BCUT2D eigenvalue weighted by molar-refractivity contribution is -0.148. The van der Waals surface area contributed by atoms with Gasteiger partial charge in [-0.2, -0.15) is 0 Å². The normalized spacial score (nSPS) is 11.9. The number of nitrogens with two attached hydrogens (primary N) is 2. The molecule has 0 aliphatic carbocycles. The SMILES string of the molecule is CCOC(=O)C(N)C(=O)NN. The minimum atomic E-state index is -1.33. The molecule has 0 heterocycles. The summed E-state index contributed by atoms with van der Waals surface area (Å²) >= 11 is 0. The molecule has 1 amide bonds. The van der Waals surface area contributed by atoms with Crippen molar-refractivity contribution in [1.82, 2.24) is 5.43 Å². The molecule has 0 saturated heterocycles. The van der Waals surface area contributed by atoms with Crippen molar-refractivity contribution < 1.29 is 14.3 Å². The van der Waals surface area contributed by atoms with E-state index in [2.05, 4.69) is 4.74 Å². The number of carbonyl (C=O) groups excluding carboxylic acids is 2. The zero-order valence-electron chi connectivity index (χ0n) is 6.16. The largest absolute Gasteiger partial charge is 0.464 e. The van der Waals surface area contributed by atoms with Crippen molar-refractivity contribution in [1.29, 1.82) is 0 Å². The number of esters is 1. The van der Waals surface area contributed by atoms with Crippen LogP contribution in [0, 0.1) is 0 Å². The molecule has 0 rings (SSSR count). The van der Waals surface area contributed by atoms with E-state index in [9.17, 15) is 9.59 Å². The van der Waals surface area contributed by atoms with Crippen molar-refractivity contribution in [2.75, 3.05) is 6.61 Å². The molecule has 0 fully saturated rings. The van der Waals surface area contributed by atoms with Crippen LogP contribution in [0.2, 0.25) is 0 Å². The van der Waals surface area contributed by atoms with Gasteiger partial charge in [0.1, 0.15) is 0 Å². The third-order valence-corrected chi connectivity index (χ3v) is 0.965. The van der Waals surface area contributed by atoms with Gasteiger partial charge in [-0.3, -0.25) is 10.2 Å². The fraction of sp³-hybridized carbons (Fsp3) is 0.600. The van der Waals surface area contributed by atoms with E-state index >= 15 is 0 Å². The second-order valence-electron chi connectivity index (χ2n) is 1.74. The highest BCUT2D eigenvalue weighted by Crippen LogP contribution is 1.84. The summed E-state index contributed by atoms with van der Waals surface area (Å²) < 4.78 is 4.45. The molecule has 1 atom stereocenters. The van der Waals surface area contributed by atoms with Crippen LogP contribution in [0.3, 0.4) is 0 Å². The van der Waals surface area contributed by atoms with E-state index < -0.39 is 17.9 Å². The number of carbonyl (C=O) groups is 2. The van der Waals surface area contributed by atoms with Gasteiger partial charge >= 0.3 is 5.97 Å². The molecule has 6 nitrogen and oxygen atoms in total. The summed E-state index contributed by atoms with van der Waals surface area (Å²) in [6.45, 7) is 1.80. The Kier molecular flexibility index (Phi) is 4.16. The molecule has 6 heteroatoms. The molecule has 0 aromatic carbocycles. The molecule has 0 saturated carbocycles. The maximum atomic E-state index is 10.7. The van der Waals surface area contributed by atoms with Gasteiger partial charge in [-0.05, 0) is 6.92 Å². The number of hydrogen-bond acceptors (Lipinski definition) is 5. The zero-order valence-corrected chi connectivity index (χ0v) is 6.16. The number of nitrogens with one attached hydrogen (secondary N) is 1. The summed E-state index contributed by atoms with van der Waals surface area (Å²) in [5.74, 6) is 3.18. The Morgan fingerprint density at radius 3 is 2.55 bits per heavy atom. The van der Waals surface area contributed by atoms with E-state index in [-0.39, 0.29) is 6.61 Å². The summed E-state index contributed by atoms with van der Waals surface area (Å²) in [5.41, 5.74) is 6.83. The van der Waals surface area contributed by atoms with Gasteiger partial charge in [-0.15, -0.1) is 0 Å². The quantitative estimate of drug-likeness (QED) is 0.144. The maximum absolute atomic E-state index is 10.7. The van der Waals surface area contributed by atoms with Crippen molar-refractivity contribution >= 4 is 11.9 Å². The van der Waals surface area contributed by atoms with Crippen molar-refractivity contribution in [3.8, 4) is 0 Å². The molecule has 0 aromatic rings. The topological polar surface area (TPSA) is 107 Å². The Morgan fingerprint density at radius 2 is 2.18 bits per heavy atom. The summed E-state index contributed by atoms with van der Waals surface area (Å²) in [7, 11) is 0. The predicted octanol–water partition coefficient (Wildman–Crippen LogP) is -2.13. The Bertz CT molecular complexity index is 159. The van der Waals surface area contributed by atoms with E-state index in [1.54, 1.807) is 12.3 Å². The lowest BCUT2D eigenvalue weighted by Gasteiger charge is -2.07. The van der Waals surface area contributed by atoms with Gasteiger partial charge in [0.15, 0.2) is 6.04 Å². The van der Waals surface area contributed by atoms with E-state index in [1.807, 2.05) is 0 Å². The van der Waals surface area contributed by atoms with Gasteiger partial charge in [0, 0.05) is 0 Å². The van der Waals surface area contributed by atoms with Gasteiger partial charge in [-0.1, -0.05) is 0 Å². The van der Waals surface area contributed by atoms with Crippen molar-refractivity contribution in [3.05, 3.63) is 0 Å². The highest BCUT2D eigenvalue weighted by molar-refractivity contribution is 6.01. The molecule has 0 aromatic heterocycles. The molecule has 0 bridgehead atoms. The van der Waals surface area contributed by atoms with Crippen LogP contribution in [0.4, 0.5) is 0 Å². The fourth-order valence-corrected chi connectivity index (χ4v) is 0.429. The first-order chi connectivity index (χ1) is 5.13. The highest BCUT2D eigenvalue weighted by atomic mass is 16.5. The number of hydrazine groups is 1. The third kappa shape index (κ3) is 2.96. The molecule has 0 radical (unpaired) electrons. The molecule has 11 heavy (non-hydrogen) atoms. The summed E-state index contributed by atoms with van der Waals surface area (Å²) in [6.07, 6.45) is 0. The minimum Gasteiger partial charge on any atom is -0.464 e. The first kappa shape index (κ1) is 9.86. The van der Waals surface area contributed by atoms with E-state index in [4.69, 9.17) is 11.6 Å². The Morgan fingerprint density at radius 1 is 1.64 bits per heavy atom. The van der Waals surface area contributed by atoms with Crippen LogP contribution in [0.5, 0.6) is 0 Å². The molecular weight excluding hydrogens is 150 g/mol. The van der Waals surface area contributed by atoms with Crippen LogP contribution in [0.1, 0.15) is 6.92 Å². The number of rotatable bonds is 3. The molecule has 1 unspecified atom stereocenters. The van der Waals surface area contributed by atoms with Crippen LogP contribution in [-0.2, 0) is 14.3 Å². The first-order valence-electron chi connectivity index (χ1n) is 3.06. The van der Waals surface area contributed by atoms with E-state index in [0.29, 0.717) is 0 Å². The molecular formula is C5H11N3O3. The second-order valence-corrected chi connectivity index (χ2v) is 1.74. The Hall–Kier alpha value is -1.14. The fourth-order valence-electron chi connectivity index (χ4n) is 0.429. The highest BCUT2D eigenvalue weighted by Gasteiger charge is 2.21. The van der Waals surface area contributed by atoms with Crippen molar-refractivity contribution in [2.24, 2.45) is 11.6 Å². The van der Waals surface area contributed by atoms with Gasteiger partial charge in [0.25, 0.3) is 5.91 Å². The van der Waals surface area contributed by atoms with Crippen LogP contribution >= 0.6 is 0 Å². The van der Waals surface area contributed by atoms with E-state index in [1.165, 1.54) is 0 Å². The standard InChI is InChI=1S/C5H11N3O3/c1-2-11-5(10)3(6)4(9)8-7/h3H,2,6-7H2,1H3,(H,8,9). The Labute approximate surface area is 63.8 Å². The predicted molar refractivity (Wildman–Crippen MR) is 36.9 cm³/mol. The number of hydrogen-bond donors (Lipinski definition) is 3. The van der Waals surface area contributed by atoms with Crippen LogP contribution in [0.25, 0.3) is 0 Å². The molecule has 0 aliphatic heterocycles. The molecule has 0 spiro atoms. The average Bonchev–Trinajstić information content (AvgIpc) is 2.02. The van der Waals surface area contributed by atoms with Crippen molar-refractivity contribution in [3.63, 3.8) is 0 Å². The minimum absolute atomic E-state index is 0.185.